The van der Waals surface area contributed by atoms with E-state index in [9.17, 15) is 9.59 Å². The molecule has 0 atom stereocenters. The third-order valence-electron chi connectivity index (χ3n) is 2.38. The van der Waals surface area contributed by atoms with E-state index in [2.05, 4.69) is 10.5 Å². The van der Waals surface area contributed by atoms with E-state index in [-0.39, 0.29) is 27.0 Å². The van der Waals surface area contributed by atoms with Crippen LogP contribution in [0.15, 0.2) is 22.7 Å². The van der Waals surface area contributed by atoms with Crippen LogP contribution in [0.25, 0.3) is 0 Å². The van der Waals surface area contributed by atoms with E-state index < -0.39 is 11.9 Å². The second-order valence-corrected chi connectivity index (χ2v) is 4.74. The number of nitrogens with zero attached hydrogens (tertiary/aromatic N) is 1. The summed E-state index contributed by atoms with van der Waals surface area (Å²) in [7, 11) is 0. The summed E-state index contributed by atoms with van der Waals surface area (Å²) >= 11 is 11.6. The maximum atomic E-state index is 11.9. The van der Waals surface area contributed by atoms with E-state index in [0.29, 0.717) is 5.76 Å². The van der Waals surface area contributed by atoms with Gasteiger partial charge in [0.1, 0.15) is 5.76 Å². The SMILES string of the molecule is Cc1cc(C(=O)Nc2c(Cl)cc(Cl)cc2C(=O)O)no1. The molecular weight excluding hydrogens is 307 g/mol. The largest absolute Gasteiger partial charge is 0.478 e. The molecule has 0 saturated carbocycles. The lowest BCUT2D eigenvalue weighted by molar-refractivity contribution is 0.0698. The Morgan fingerprint density at radius 3 is 2.55 bits per heavy atom. The molecular formula is C12H8Cl2N2O4. The average Bonchev–Trinajstić information content (AvgIpc) is 2.78. The number of halogens is 2. The van der Waals surface area contributed by atoms with Crippen molar-refractivity contribution in [3.8, 4) is 0 Å². The minimum Gasteiger partial charge on any atom is -0.478 e. The first-order chi connectivity index (χ1) is 9.38. The fourth-order valence-electron chi connectivity index (χ4n) is 1.52. The fraction of sp³-hybridized carbons (Fsp3) is 0.0833. The molecule has 2 aromatic rings. The Balaban J connectivity index is 2.38. The molecule has 0 radical (unpaired) electrons. The molecule has 8 heteroatoms. The van der Waals surface area contributed by atoms with Crippen molar-refractivity contribution in [1.82, 2.24) is 5.16 Å². The number of hydrogen-bond donors (Lipinski definition) is 2. The van der Waals surface area contributed by atoms with E-state index in [4.69, 9.17) is 32.8 Å². The Bertz CT molecular complexity index is 697. The lowest BCUT2D eigenvalue weighted by Gasteiger charge is -2.09. The summed E-state index contributed by atoms with van der Waals surface area (Å²) < 4.78 is 4.77. The number of carbonyl (C=O) groups excluding carboxylic acids is 1. The topological polar surface area (TPSA) is 92.4 Å². The van der Waals surface area contributed by atoms with Crippen molar-refractivity contribution in [1.29, 1.82) is 0 Å². The maximum Gasteiger partial charge on any atom is 0.337 e. The zero-order valence-electron chi connectivity index (χ0n) is 10.1. The molecule has 1 amide bonds. The van der Waals surface area contributed by atoms with E-state index >= 15 is 0 Å². The molecule has 2 rings (SSSR count). The van der Waals surface area contributed by atoms with Gasteiger partial charge in [-0.1, -0.05) is 28.4 Å². The number of anilines is 1. The molecule has 1 aromatic carbocycles. The molecule has 104 valence electrons. The second kappa shape index (κ2) is 5.52. The molecule has 0 fully saturated rings. The van der Waals surface area contributed by atoms with E-state index in [1.165, 1.54) is 18.2 Å². The Morgan fingerprint density at radius 1 is 1.30 bits per heavy atom. The van der Waals surface area contributed by atoms with Gasteiger partial charge in [-0.05, 0) is 19.1 Å². The van der Waals surface area contributed by atoms with Crippen molar-refractivity contribution < 1.29 is 19.2 Å². The lowest BCUT2D eigenvalue weighted by atomic mass is 10.1. The predicted molar refractivity (Wildman–Crippen MR) is 72.6 cm³/mol. The number of amides is 1. The number of nitrogens with one attached hydrogen (secondary N) is 1. The van der Waals surface area contributed by atoms with Gasteiger partial charge in [-0.3, -0.25) is 4.79 Å². The molecule has 1 heterocycles. The fourth-order valence-corrected chi connectivity index (χ4v) is 2.06. The summed E-state index contributed by atoms with van der Waals surface area (Å²) in [6, 6.07) is 3.94. The van der Waals surface area contributed by atoms with Crippen molar-refractivity contribution >= 4 is 40.8 Å². The van der Waals surface area contributed by atoms with Gasteiger partial charge in [0.05, 0.1) is 16.3 Å². The highest BCUT2D eigenvalue weighted by molar-refractivity contribution is 6.38. The van der Waals surface area contributed by atoms with Crippen molar-refractivity contribution in [2.45, 2.75) is 6.92 Å². The monoisotopic (exact) mass is 314 g/mol. The average molecular weight is 315 g/mol. The smallest absolute Gasteiger partial charge is 0.337 e. The number of hydrogen-bond acceptors (Lipinski definition) is 4. The lowest BCUT2D eigenvalue weighted by Crippen LogP contribution is -2.15. The summed E-state index contributed by atoms with van der Waals surface area (Å²) in [5, 5.41) is 15.2. The maximum absolute atomic E-state index is 11.9. The zero-order chi connectivity index (χ0) is 14.9. The van der Waals surface area contributed by atoms with Crippen LogP contribution in [0.3, 0.4) is 0 Å². The minimum atomic E-state index is -1.26. The molecule has 0 spiro atoms. The van der Waals surface area contributed by atoms with Crippen molar-refractivity contribution in [3.05, 3.63) is 45.3 Å². The van der Waals surface area contributed by atoms with Crippen LogP contribution in [-0.4, -0.2) is 22.1 Å². The van der Waals surface area contributed by atoms with Gasteiger partial charge in [0.25, 0.3) is 5.91 Å². The molecule has 0 aliphatic carbocycles. The normalized spacial score (nSPS) is 10.3. The van der Waals surface area contributed by atoms with Gasteiger partial charge < -0.3 is 14.9 Å². The zero-order valence-corrected chi connectivity index (χ0v) is 11.6. The summed E-state index contributed by atoms with van der Waals surface area (Å²) in [6.07, 6.45) is 0. The summed E-state index contributed by atoms with van der Waals surface area (Å²) in [5.41, 5.74) is -0.241. The van der Waals surface area contributed by atoms with Gasteiger partial charge in [0.15, 0.2) is 5.69 Å². The van der Waals surface area contributed by atoms with Gasteiger partial charge in [-0.15, -0.1) is 0 Å². The summed E-state index contributed by atoms with van der Waals surface area (Å²) in [4.78, 5) is 23.1. The number of carboxylic acid groups (broad SMARTS) is 1. The highest BCUT2D eigenvalue weighted by Gasteiger charge is 2.19. The summed E-state index contributed by atoms with van der Waals surface area (Å²) in [5.74, 6) is -1.44. The minimum absolute atomic E-state index is 0.0171. The van der Waals surface area contributed by atoms with Crippen LogP contribution in [0.1, 0.15) is 26.6 Å². The number of aromatic nitrogens is 1. The Labute approximate surface area is 123 Å². The first-order valence-electron chi connectivity index (χ1n) is 5.35. The molecule has 0 aliphatic heterocycles. The van der Waals surface area contributed by atoms with Gasteiger partial charge in [-0.25, -0.2) is 4.79 Å². The Morgan fingerprint density at radius 2 is 2.00 bits per heavy atom. The van der Waals surface area contributed by atoms with Crippen LogP contribution in [0.2, 0.25) is 10.0 Å². The van der Waals surface area contributed by atoms with Gasteiger partial charge >= 0.3 is 5.97 Å². The van der Waals surface area contributed by atoms with Crippen molar-refractivity contribution in [3.63, 3.8) is 0 Å². The molecule has 2 N–H and O–H groups in total. The van der Waals surface area contributed by atoms with Crippen LogP contribution in [0, 0.1) is 6.92 Å². The third-order valence-corrected chi connectivity index (χ3v) is 2.90. The molecule has 6 nitrogen and oxygen atoms in total. The molecule has 0 saturated heterocycles. The number of carbonyl (C=O) groups is 2. The van der Waals surface area contributed by atoms with Crippen LogP contribution in [0.5, 0.6) is 0 Å². The first kappa shape index (κ1) is 14.4. The standard InChI is InChI=1S/C12H8Cl2N2O4/c1-5-2-9(16-20-5)11(17)15-10-7(12(18)19)3-6(13)4-8(10)14/h2-4H,1H3,(H,15,17)(H,18,19). The quantitative estimate of drug-likeness (QED) is 0.907. The van der Waals surface area contributed by atoms with Crippen molar-refractivity contribution in [2.24, 2.45) is 0 Å². The van der Waals surface area contributed by atoms with Crippen LogP contribution >= 0.6 is 23.2 Å². The highest BCUT2D eigenvalue weighted by Crippen LogP contribution is 2.30. The Kier molecular flexibility index (Phi) is 3.96. The number of benzene rings is 1. The molecule has 20 heavy (non-hydrogen) atoms. The van der Waals surface area contributed by atoms with E-state index in [1.54, 1.807) is 6.92 Å². The third kappa shape index (κ3) is 2.92. The summed E-state index contributed by atoms with van der Waals surface area (Å²) in [6.45, 7) is 1.63. The van der Waals surface area contributed by atoms with E-state index in [1.807, 2.05) is 0 Å². The van der Waals surface area contributed by atoms with Crippen LogP contribution in [-0.2, 0) is 0 Å². The molecule has 0 unspecified atom stereocenters. The number of aromatic carboxylic acids is 1. The van der Waals surface area contributed by atoms with E-state index in [0.717, 1.165) is 0 Å². The molecule has 0 bridgehead atoms. The van der Waals surface area contributed by atoms with Crippen LogP contribution < -0.4 is 5.32 Å². The van der Waals surface area contributed by atoms with Gasteiger partial charge in [0, 0.05) is 11.1 Å². The molecule has 0 aliphatic rings. The molecule has 1 aromatic heterocycles. The number of carboxylic acids is 1. The number of rotatable bonds is 3. The second-order valence-electron chi connectivity index (χ2n) is 3.89. The van der Waals surface area contributed by atoms with Gasteiger partial charge in [0.2, 0.25) is 0 Å². The first-order valence-corrected chi connectivity index (χ1v) is 6.11. The van der Waals surface area contributed by atoms with Crippen LogP contribution in [0.4, 0.5) is 5.69 Å². The number of aryl methyl sites for hydroxylation is 1. The predicted octanol–water partition coefficient (Wildman–Crippen LogP) is 3.24. The highest BCUT2D eigenvalue weighted by atomic mass is 35.5. The Hall–Kier alpha value is -2.05. The van der Waals surface area contributed by atoms with Crippen molar-refractivity contribution in [2.75, 3.05) is 5.32 Å². The van der Waals surface area contributed by atoms with Gasteiger partial charge in [-0.2, -0.15) is 0 Å².